The van der Waals surface area contributed by atoms with Crippen LogP contribution in [0.4, 0.5) is 11.4 Å². The summed E-state index contributed by atoms with van der Waals surface area (Å²) in [5.74, 6) is -0.980. The van der Waals surface area contributed by atoms with Gasteiger partial charge in [0.25, 0.3) is 0 Å². The van der Waals surface area contributed by atoms with E-state index in [1.54, 1.807) is 12.1 Å². The fraction of sp³-hybridized carbons (Fsp3) is 0.429. The normalized spacial score (nSPS) is 22.6. The number of nitrogens with zero attached hydrogens (tertiary/aromatic N) is 1. The number of anilines is 2. The van der Waals surface area contributed by atoms with Crippen molar-refractivity contribution in [3.63, 3.8) is 0 Å². The monoisotopic (exact) mass is 290 g/mol. The first kappa shape index (κ1) is 13.5. The molecular weight excluding hydrogens is 272 g/mol. The van der Waals surface area contributed by atoms with E-state index >= 15 is 0 Å². The van der Waals surface area contributed by atoms with Crippen LogP contribution in [-0.4, -0.2) is 23.5 Å². The summed E-state index contributed by atoms with van der Waals surface area (Å²) in [4.78, 5) is 27.4. The largest absolute Gasteiger partial charge is 0.417 e. The average Bonchev–Trinajstić information content (AvgIpc) is 2.77. The fourth-order valence-corrected chi connectivity index (χ4v) is 2.93. The second-order valence-electron chi connectivity index (χ2n) is 5.60. The van der Waals surface area contributed by atoms with Gasteiger partial charge in [0.05, 0.1) is 22.8 Å². The van der Waals surface area contributed by atoms with Crippen LogP contribution in [0.25, 0.3) is 11.1 Å². The van der Waals surface area contributed by atoms with Crippen LogP contribution in [0.1, 0.15) is 19.8 Å². The number of aromatic nitrogens is 1. The molecule has 1 aromatic heterocycles. The Hall–Kier alpha value is -2.44. The molecular formula is C14H18N4O3. The molecule has 112 valence electrons. The summed E-state index contributed by atoms with van der Waals surface area (Å²) in [7, 11) is 0. The molecule has 2 heterocycles. The van der Waals surface area contributed by atoms with Gasteiger partial charge in [-0.2, -0.15) is 0 Å². The average molecular weight is 290 g/mol. The summed E-state index contributed by atoms with van der Waals surface area (Å²) >= 11 is 0. The summed E-state index contributed by atoms with van der Waals surface area (Å²) in [6.07, 6.45) is 1.66. The number of primary amides is 1. The molecule has 0 spiro atoms. The van der Waals surface area contributed by atoms with Gasteiger partial charge in [0.2, 0.25) is 5.91 Å². The summed E-state index contributed by atoms with van der Waals surface area (Å²) in [6.45, 7) is 2.62. The van der Waals surface area contributed by atoms with Crippen LogP contribution in [-0.2, 0) is 4.79 Å². The van der Waals surface area contributed by atoms with Crippen molar-refractivity contribution in [2.24, 2.45) is 11.7 Å². The molecule has 2 unspecified atom stereocenters. The van der Waals surface area contributed by atoms with Gasteiger partial charge in [0, 0.05) is 18.7 Å². The van der Waals surface area contributed by atoms with E-state index in [1.807, 2.05) is 0 Å². The number of aromatic amines is 1. The molecule has 5 N–H and O–H groups in total. The van der Waals surface area contributed by atoms with E-state index in [0.29, 0.717) is 23.3 Å². The lowest BCUT2D eigenvalue weighted by Gasteiger charge is -2.39. The first-order valence-corrected chi connectivity index (χ1v) is 6.94. The topological polar surface area (TPSA) is 118 Å². The van der Waals surface area contributed by atoms with Crippen LogP contribution < -0.4 is 22.1 Å². The highest BCUT2D eigenvalue weighted by molar-refractivity contribution is 5.86. The molecule has 7 nitrogen and oxygen atoms in total. The maximum atomic E-state index is 11.4. The van der Waals surface area contributed by atoms with Gasteiger partial charge >= 0.3 is 5.76 Å². The van der Waals surface area contributed by atoms with E-state index in [-0.39, 0.29) is 17.9 Å². The first-order chi connectivity index (χ1) is 9.95. The molecule has 0 saturated carbocycles. The molecule has 0 bridgehead atoms. The Balaban J connectivity index is 2.02. The van der Waals surface area contributed by atoms with Gasteiger partial charge in [-0.05, 0) is 25.8 Å². The Morgan fingerprint density at radius 3 is 2.90 bits per heavy atom. The summed E-state index contributed by atoms with van der Waals surface area (Å²) in [5, 5.41) is 0. The minimum Gasteiger partial charge on any atom is -0.408 e. The third-order valence-electron chi connectivity index (χ3n) is 4.16. The van der Waals surface area contributed by atoms with Crippen LogP contribution in [0.5, 0.6) is 0 Å². The lowest BCUT2D eigenvalue weighted by molar-refractivity contribution is -0.122. The number of fused-ring (bicyclic) bond motifs is 1. The number of carbonyl (C=O) groups excluding carboxylic acids is 1. The Kier molecular flexibility index (Phi) is 3.12. The Morgan fingerprint density at radius 1 is 1.43 bits per heavy atom. The Labute approximate surface area is 120 Å². The number of hydrogen-bond donors (Lipinski definition) is 3. The number of benzene rings is 1. The molecule has 3 rings (SSSR count). The lowest BCUT2D eigenvalue weighted by Crippen LogP contribution is -2.46. The molecule has 2 aromatic rings. The fourth-order valence-electron chi connectivity index (χ4n) is 2.93. The highest BCUT2D eigenvalue weighted by atomic mass is 16.4. The van der Waals surface area contributed by atoms with Gasteiger partial charge < -0.3 is 20.8 Å². The van der Waals surface area contributed by atoms with Crippen molar-refractivity contribution in [3.8, 4) is 0 Å². The number of oxazole rings is 1. The van der Waals surface area contributed by atoms with Crippen LogP contribution in [0, 0.1) is 5.92 Å². The van der Waals surface area contributed by atoms with Crippen LogP contribution in [0.2, 0.25) is 0 Å². The maximum absolute atomic E-state index is 11.4. The van der Waals surface area contributed by atoms with E-state index in [9.17, 15) is 9.59 Å². The Morgan fingerprint density at radius 2 is 2.19 bits per heavy atom. The quantitative estimate of drug-likeness (QED) is 0.707. The number of nitrogens with two attached hydrogens (primary N) is 2. The van der Waals surface area contributed by atoms with Crippen molar-refractivity contribution >= 4 is 28.4 Å². The summed E-state index contributed by atoms with van der Waals surface area (Å²) in [6, 6.07) is 3.66. The first-order valence-electron chi connectivity index (χ1n) is 6.94. The number of nitrogens with one attached hydrogen (secondary N) is 1. The smallest absolute Gasteiger partial charge is 0.408 e. The standard InChI is InChI=1S/C14H18N4O3/c1-7-2-3-8(13(16)19)6-18(7)11-5-10-12(4-9(11)15)21-14(20)17-10/h4-5,7-8H,2-3,6,15H2,1H3,(H2,16,19)(H,17,20). The zero-order valence-corrected chi connectivity index (χ0v) is 11.8. The number of amides is 1. The van der Waals surface area contributed by atoms with E-state index < -0.39 is 5.76 Å². The Bertz CT molecular complexity index is 748. The molecule has 1 saturated heterocycles. The predicted molar refractivity (Wildman–Crippen MR) is 80.0 cm³/mol. The molecule has 2 atom stereocenters. The summed E-state index contributed by atoms with van der Waals surface area (Å²) in [5.41, 5.74) is 13.8. The van der Waals surface area contributed by atoms with Crippen LogP contribution in [0.15, 0.2) is 21.3 Å². The van der Waals surface area contributed by atoms with Gasteiger partial charge in [-0.1, -0.05) is 0 Å². The maximum Gasteiger partial charge on any atom is 0.417 e. The van der Waals surface area contributed by atoms with Crippen LogP contribution in [0.3, 0.4) is 0 Å². The van der Waals surface area contributed by atoms with Crippen molar-refractivity contribution < 1.29 is 9.21 Å². The second kappa shape index (κ2) is 4.83. The third-order valence-corrected chi connectivity index (χ3v) is 4.16. The molecule has 0 radical (unpaired) electrons. The number of piperidine rings is 1. The number of hydrogen-bond acceptors (Lipinski definition) is 5. The molecule has 21 heavy (non-hydrogen) atoms. The predicted octanol–water partition coefficient (Wildman–Crippen LogP) is 0.793. The number of H-pyrrole nitrogens is 1. The van der Waals surface area contributed by atoms with Crippen molar-refractivity contribution in [3.05, 3.63) is 22.7 Å². The number of rotatable bonds is 2. The van der Waals surface area contributed by atoms with Crippen LogP contribution >= 0.6 is 0 Å². The lowest BCUT2D eigenvalue weighted by atomic mass is 9.92. The molecule has 7 heteroatoms. The zero-order valence-electron chi connectivity index (χ0n) is 11.8. The van der Waals surface area contributed by atoms with Crippen molar-refractivity contribution in [1.82, 2.24) is 4.98 Å². The van der Waals surface area contributed by atoms with E-state index in [1.165, 1.54) is 0 Å². The molecule has 1 aliphatic heterocycles. The SMILES string of the molecule is CC1CCC(C(N)=O)CN1c1cc2[nH]c(=O)oc2cc1N. The zero-order chi connectivity index (χ0) is 15.1. The second-order valence-corrected chi connectivity index (χ2v) is 5.60. The van der Waals surface area contributed by atoms with Crippen molar-refractivity contribution in [2.45, 2.75) is 25.8 Å². The molecule has 1 aromatic carbocycles. The third kappa shape index (κ3) is 2.35. The van der Waals surface area contributed by atoms with Gasteiger partial charge in [0.15, 0.2) is 5.58 Å². The molecule has 0 aliphatic carbocycles. The molecule has 1 fully saturated rings. The highest BCUT2D eigenvalue weighted by Gasteiger charge is 2.30. The number of nitrogen functional groups attached to an aromatic ring is 1. The molecule has 1 aliphatic rings. The van der Waals surface area contributed by atoms with Crippen molar-refractivity contribution in [1.29, 1.82) is 0 Å². The highest BCUT2D eigenvalue weighted by Crippen LogP contribution is 2.33. The number of carbonyl (C=O) groups is 1. The van der Waals surface area contributed by atoms with E-state index in [0.717, 1.165) is 18.5 Å². The minimum absolute atomic E-state index is 0.181. The minimum atomic E-state index is -0.511. The van der Waals surface area contributed by atoms with Gasteiger partial charge in [-0.3, -0.25) is 9.78 Å². The van der Waals surface area contributed by atoms with Gasteiger partial charge in [-0.15, -0.1) is 0 Å². The van der Waals surface area contributed by atoms with Gasteiger partial charge in [-0.25, -0.2) is 4.79 Å². The van der Waals surface area contributed by atoms with Crippen molar-refractivity contribution in [2.75, 3.05) is 17.2 Å². The van der Waals surface area contributed by atoms with E-state index in [2.05, 4.69) is 16.8 Å². The van der Waals surface area contributed by atoms with E-state index in [4.69, 9.17) is 15.9 Å². The summed E-state index contributed by atoms with van der Waals surface area (Å²) < 4.78 is 4.99. The molecule has 1 amide bonds. The van der Waals surface area contributed by atoms with Gasteiger partial charge in [0.1, 0.15) is 0 Å².